The molecule has 0 amide bonds. The Bertz CT molecular complexity index is 954. The van der Waals surface area contributed by atoms with Crippen LogP contribution in [0.25, 0.3) is 11.4 Å². The van der Waals surface area contributed by atoms with E-state index in [2.05, 4.69) is 10.1 Å². The Morgan fingerprint density at radius 3 is 2.52 bits per heavy atom. The van der Waals surface area contributed by atoms with Gasteiger partial charge in [0.15, 0.2) is 6.61 Å². The Labute approximate surface area is 152 Å². The van der Waals surface area contributed by atoms with Crippen LogP contribution in [-0.4, -0.2) is 30.3 Å². The highest BCUT2D eigenvalue weighted by Gasteiger charge is 2.20. The van der Waals surface area contributed by atoms with Crippen LogP contribution in [0, 0.1) is 11.6 Å². The second-order valence-corrected chi connectivity index (χ2v) is 5.25. The normalized spacial score (nSPS) is 10.5. The van der Waals surface area contributed by atoms with Gasteiger partial charge in [0.05, 0.1) is 19.8 Å². The number of nitrogens with zero attached hydrogens (tertiary/aromatic N) is 2. The highest BCUT2D eigenvalue weighted by atomic mass is 19.1. The van der Waals surface area contributed by atoms with Crippen LogP contribution in [0.1, 0.15) is 16.2 Å². The van der Waals surface area contributed by atoms with Crippen molar-refractivity contribution in [1.82, 2.24) is 10.1 Å². The fourth-order valence-electron chi connectivity index (χ4n) is 2.30. The minimum Gasteiger partial charge on any atom is -0.497 e. The van der Waals surface area contributed by atoms with Gasteiger partial charge in [-0.25, -0.2) is 13.6 Å². The molecule has 0 unspecified atom stereocenters. The molecule has 0 aliphatic heterocycles. The van der Waals surface area contributed by atoms with E-state index >= 15 is 0 Å². The van der Waals surface area contributed by atoms with E-state index < -0.39 is 29.8 Å². The lowest BCUT2D eigenvalue weighted by Crippen LogP contribution is -2.10. The molecule has 9 heteroatoms. The summed E-state index contributed by atoms with van der Waals surface area (Å²) in [5.74, 6) is -2.03. The van der Waals surface area contributed by atoms with Gasteiger partial charge in [-0.15, -0.1) is 0 Å². The summed E-state index contributed by atoms with van der Waals surface area (Å²) >= 11 is 0. The van der Waals surface area contributed by atoms with Crippen molar-refractivity contribution in [2.75, 3.05) is 14.2 Å². The minimum atomic E-state index is -1.17. The predicted octanol–water partition coefficient (Wildman–Crippen LogP) is 3.39. The minimum absolute atomic E-state index is 0.0482. The molecule has 0 fully saturated rings. The summed E-state index contributed by atoms with van der Waals surface area (Å²) in [6, 6.07) is 8.07. The molecule has 1 aromatic heterocycles. The van der Waals surface area contributed by atoms with E-state index in [9.17, 15) is 13.6 Å². The molecule has 140 valence electrons. The van der Waals surface area contributed by atoms with E-state index in [1.807, 2.05) is 0 Å². The summed E-state index contributed by atoms with van der Waals surface area (Å²) in [7, 11) is 3.00. The third-order valence-electron chi connectivity index (χ3n) is 3.61. The molecular weight excluding hydrogens is 362 g/mol. The van der Waals surface area contributed by atoms with Crippen LogP contribution in [-0.2, 0) is 11.3 Å². The summed E-state index contributed by atoms with van der Waals surface area (Å²) in [6.45, 7) is -0.446. The number of carbonyl (C=O) groups excluding carboxylic acids is 1. The van der Waals surface area contributed by atoms with Crippen LogP contribution in [0.4, 0.5) is 8.78 Å². The average molecular weight is 376 g/mol. The topological polar surface area (TPSA) is 83.7 Å². The first-order valence-corrected chi connectivity index (χ1v) is 7.69. The van der Waals surface area contributed by atoms with Gasteiger partial charge in [0.25, 0.3) is 5.89 Å². The number of aromatic nitrogens is 2. The second-order valence-electron chi connectivity index (χ2n) is 5.25. The van der Waals surface area contributed by atoms with E-state index in [1.165, 1.54) is 14.2 Å². The molecule has 0 aliphatic rings. The number of ether oxygens (including phenoxy) is 3. The monoisotopic (exact) mass is 376 g/mol. The third-order valence-corrected chi connectivity index (χ3v) is 3.61. The fourth-order valence-corrected chi connectivity index (χ4v) is 2.30. The highest BCUT2D eigenvalue weighted by Crippen LogP contribution is 2.31. The van der Waals surface area contributed by atoms with Gasteiger partial charge in [-0.2, -0.15) is 4.98 Å². The fraction of sp³-hybridized carbons (Fsp3) is 0.167. The van der Waals surface area contributed by atoms with Crippen molar-refractivity contribution >= 4 is 5.97 Å². The summed E-state index contributed by atoms with van der Waals surface area (Å²) < 4.78 is 47.4. The maximum Gasteiger partial charge on any atom is 0.344 e. The van der Waals surface area contributed by atoms with E-state index in [0.29, 0.717) is 17.1 Å². The van der Waals surface area contributed by atoms with Crippen LogP contribution in [0.3, 0.4) is 0 Å². The maximum absolute atomic E-state index is 13.6. The molecule has 3 rings (SSSR count). The number of benzene rings is 2. The number of esters is 1. The molecule has 0 bridgehead atoms. The van der Waals surface area contributed by atoms with Crippen molar-refractivity contribution < 1.29 is 32.3 Å². The summed E-state index contributed by atoms with van der Waals surface area (Å²) in [5.41, 5.74) is -0.256. The zero-order chi connectivity index (χ0) is 19.4. The van der Waals surface area contributed by atoms with Crippen LogP contribution >= 0.6 is 0 Å². The number of hydrogen-bond acceptors (Lipinski definition) is 7. The first-order chi connectivity index (χ1) is 13.0. The Morgan fingerprint density at radius 2 is 1.85 bits per heavy atom. The van der Waals surface area contributed by atoms with Gasteiger partial charge in [0.2, 0.25) is 5.82 Å². The maximum atomic E-state index is 13.6. The molecule has 0 radical (unpaired) electrons. The molecule has 1 heterocycles. The number of carbonyl (C=O) groups is 1. The molecule has 0 saturated heterocycles. The van der Waals surface area contributed by atoms with Gasteiger partial charge < -0.3 is 18.7 Å². The first kappa shape index (κ1) is 18.3. The molecule has 0 spiro atoms. The lowest BCUT2D eigenvalue weighted by molar-refractivity contribution is 0.0418. The SMILES string of the molecule is COc1ccc(-c2noc(COC(=O)c3c(F)cccc3F)n2)c(OC)c1. The van der Waals surface area contributed by atoms with Gasteiger partial charge in [-0.1, -0.05) is 11.2 Å². The molecule has 2 aromatic carbocycles. The van der Waals surface area contributed by atoms with Crippen LogP contribution in [0.2, 0.25) is 0 Å². The quantitative estimate of drug-likeness (QED) is 0.610. The lowest BCUT2D eigenvalue weighted by Gasteiger charge is -2.07. The molecule has 7 nitrogen and oxygen atoms in total. The molecule has 0 saturated carbocycles. The smallest absolute Gasteiger partial charge is 0.344 e. The predicted molar refractivity (Wildman–Crippen MR) is 88.3 cm³/mol. The van der Waals surface area contributed by atoms with E-state index in [0.717, 1.165) is 18.2 Å². The van der Waals surface area contributed by atoms with Crippen molar-refractivity contribution in [2.24, 2.45) is 0 Å². The largest absolute Gasteiger partial charge is 0.497 e. The zero-order valence-corrected chi connectivity index (χ0v) is 14.4. The van der Waals surface area contributed by atoms with Gasteiger partial charge >= 0.3 is 5.97 Å². The van der Waals surface area contributed by atoms with E-state index in [4.69, 9.17) is 18.7 Å². The van der Waals surface area contributed by atoms with Gasteiger partial charge in [-0.05, 0) is 24.3 Å². The van der Waals surface area contributed by atoms with Crippen LogP contribution in [0.15, 0.2) is 40.9 Å². The van der Waals surface area contributed by atoms with E-state index in [-0.39, 0.29) is 11.7 Å². The molecule has 27 heavy (non-hydrogen) atoms. The molecule has 0 atom stereocenters. The Balaban J connectivity index is 1.74. The van der Waals surface area contributed by atoms with Gasteiger partial charge in [-0.3, -0.25) is 0 Å². The van der Waals surface area contributed by atoms with Crippen molar-refractivity contribution in [1.29, 1.82) is 0 Å². The first-order valence-electron chi connectivity index (χ1n) is 7.69. The molecular formula is C18H14F2N2O5. The summed E-state index contributed by atoms with van der Waals surface area (Å²) in [6.07, 6.45) is 0. The number of rotatable bonds is 6. The van der Waals surface area contributed by atoms with Gasteiger partial charge in [0, 0.05) is 6.07 Å². The highest BCUT2D eigenvalue weighted by molar-refractivity contribution is 5.89. The number of methoxy groups -OCH3 is 2. The zero-order valence-electron chi connectivity index (χ0n) is 14.4. The Morgan fingerprint density at radius 1 is 1.11 bits per heavy atom. The number of halogens is 2. The number of hydrogen-bond donors (Lipinski definition) is 0. The Hall–Kier alpha value is -3.49. The molecule has 0 N–H and O–H groups in total. The second kappa shape index (κ2) is 7.81. The lowest BCUT2D eigenvalue weighted by atomic mass is 10.2. The summed E-state index contributed by atoms with van der Waals surface area (Å²) in [5, 5.41) is 3.79. The van der Waals surface area contributed by atoms with Crippen molar-refractivity contribution in [3.63, 3.8) is 0 Å². The van der Waals surface area contributed by atoms with Crippen molar-refractivity contribution in [3.05, 3.63) is 59.5 Å². The standard InChI is InChI=1S/C18H14F2N2O5/c1-24-10-6-7-11(14(8-10)25-2)17-21-15(27-22-17)9-26-18(23)16-12(19)4-3-5-13(16)20/h3-8H,9H2,1-2H3. The average Bonchev–Trinajstić information content (AvgIpc) is 3.14. The van der Waals surface area contributed by atoms with Crippen molar-refractivity contribution in [3.8, 4) is 22.9 Å². The molecule has 3 aromatic rings. The molecule has 0 aliphatic carbocycles. The third kappa shape index (κ3) is 3.86. The summed E-state index contributed by atoms with van der Waals surface area (Å²) in [4.78, 5) is 16.0. The Kier molecular flexibility index (Phi) is 5.30. The van der Waals surface area contributed by atoms with Crippen LogP contribution < -0.4 is 9.47 Å². The van der Waals surface area contributed by atoms with E-state index in [1.54, 1.807) is 18.2 Å². The van der Waals surface area contributed by atoms with Crippen LogP contribution in [0.5, 0.6) is 11.5 Å². The van der Waals surface area contributed by atoms with Gasteiger partial charge in [0.1, 0.15) is 28.7 Å². The van der Waals surface area contributed by atoms with Crippen molar-refractivity contribution in [2.45, 2.75) is 6.61 Å².